The Bertz CT molecular complexity index is 347. The molecule has 0 saturated carbocycles. The largest absolute Gasteiger partial charge is 0.324 e. The molecule has 0 unspecified atom stereocenters. The van der Waals surface area contributed by atoms with Crippen molar-refractivity contribution in [3.63, 3.8) is 0 Å². The van der Waals surface area contributed by atoms with Gasteiger partial charge in [-0.05, 0) is 40.7 Å². The van der Waals surface area contributed by atoms with E-state index in [1.807, 2.05) is 27.7 Å². The standard InChI is InChI=1S/C11H24N2O2S.ClH/c1-10(2,12)9-13-6-5-11(3,4)16(14,15)8-7-13;/h5-9,12H2,1-4H3;1H. The van der Waals surface area contributed by atoms with Gasteiger partial charge in [0.2, 0.25) is 0 Å². The van der Waals surface area contributed by atoms with Gasteiger partial charge in [-0.15, -0.1) is 12.4 Å². The highest BCUT2D eigenvalue weighted by molar-refractivity contribution is 7.92. The summed E-state index contributed by atoms with van der Waals surface area (Å²) in [5.74, 6) is 0.246. The molecule has 0 atom stereocenters. The van der Waals surface area contributed by atoms with Crippen LogP contribution in [0.4, 0.5) is 0 Å². The number of nitrogens with zero attached hydrogens (tertiary/aromatic N) is 1. The highest BCUT2D eigenvalue weighted by Crippen LogP contribution is 2.25. The summed E-state index contributed by atoms with van der Waals surface area (Å²) < 4.78 is 23.4. The molecule has 0 spiro atoms. The molecule has 1 saturated heterocycles. The van der Waals surface area contributed by atoms with Crippen LogP contribution in [0, 0.1) is 0 Å². The summed E-state index contributed by atoms with van der Waals surface area (Å²) in [7, 11) is -2.97. The van der Waals surface area contributed by atoms with E-state index in [0.717, 1.165) is 13.1 Å². The van der Waals surface area contributed by atoms with E-state index in [-0.39, 0.29) is 23.7 Å². The van der Waals surface area contributed by atoms with Crippen molar-refractivity contribution < 1.29 is 8.42 Å². The van der Waals surface area contributed by atoms with E-state index in [0.29, 0.717) is 13.0 Å². The van der Waals surface area contributed by atoms with Crippen LogP contribution in [-0.2, 0) is 9.84 Å². The van der Waals surface area contributed by atoms with E-state index in [1.165, 1.54) is 0 Å². The molecule has 1 aliphatic rings. The van der Waals surface area contributed by atoms with Crippen molar-refractivity contribution in [2.75, 3.05) is 25.4 Å². The minimum absolute atomic E-state index is 0. The predicted molar refractivity (Wildman–Crippen MR) is 74.4 cm³/mol. The van der Waals surface area contributed by atoms with Gasteiger partial charge in [-0.25, -0.2) is 8.42 Å². The van der Waals surface area contributed by atoms with Crippen LogP contribution in [-0.4, -0.2) is 49.0 Å². The third-order valence-electron chi connectivity index (χ3n) is 3.18. The van der Waals surface area contributed by atoms with E-state index in [2.05, 4.69) is 4.90 Å². The van der Waals surface area contributed by atoms with Gasteiger partial charge in [-0.3, -0.25) is 0 Å². The summed E-state index contributed by atoms with van der Waals surface area (Å²) in [6, 6.07) is 0. The van der Waals surface area contributed by atoms with Gasteiger partial charge in [0.05, 0.1) is 10.5 Å². The monoisotopic (exact) mass is 284 g/mol. The van der Waals surface area contributed by atoms with E-state index in [1.54, 1.807) is 0 Å². The molecule has 0 amide bonds. The lowest BCUT2D eigenvalue weighted by Gasteiger charge is -2.28. The topological polar surface area (TPSA) is 63.4 Å². The number of rotatable bonds is 2. The zero-order valence-corrected chi connectivity index (χ0v) is 12.8. The lowest BCUT2D eigenvalue weighted by atomic mass is 10.1. The van der Waals surface area contributed by atoms with Crippen LogP contribution in [0.1, 0.15) is 34.1 Å². The zero-order chi connectivity index (χ0) is 12.6. The Kier molecular flexibility index (Phi) is 5.48. The van der Waals surface area contributed by atoms with Crippen molar-refractivity contribution in [3.8, 4) is 0 Å². The average molecular weight is 285 g/mol. The molecule has 104 valence electrons. The molecule has 0 radical (unpaired) electrons. The number of hydrogen-bond acceptors (Lipinski definition) is 4. The third-order valence-corrected chi connectivity index (χ3v) is 5.79. The molecule has 0 aromatic carbocycles. The molecule has 0 aromatic rings. The number of hydrogen-bond donors (Lipinski definition) is 1. The molecule has 1 aliphatic heterocycles. The van der Waals surface area contributed by atoms with E-state index in [9.17, 15) is 8.42 Å². The molecule has 0 aromatic heterocycles. The van der Waals surface area contributed by atoms with Gasteiger partial charge in [0.1, 0.15) is 0 Å². The van der Waals surface area contributed by atoms with Crippen LogP contribution in [0.2, 0.25) is 0 Å². The van der Waals surface area contributed by atoms with Crippen molar-refractivity contribution in [1.82, 2.24) is 4.90 Å². The predicted octanol–water partition coefficient (Wildman–Crippen LogP) is 1.04. The van der Waals surface area contributed by atoms with Crippen molar-refractivity contribution in [3.05, 3.63) is 0 Å². The Hall–Kier alpha value is 0.160. The summed E-state index contributed by atoms with van der Waals surface area (Å²) in [4.78, 5) is 2.16. The maximum absolute atomic E-state index is 12.0. The van der Waals surface area contributed by atoms with Crippen LogP contribution in [0.5, 0.6) is 0 Å². The van der Waals surface area contributed by atoms with Crippen LogP contribution in [0.15, 0.2) is 0 Å². The average Bonchev–Trinajstić information content (AvgIpc) is 2.14. The molecular weight excluding hydrogens is 260 g/mol. The van der Waals surface area contributed by atoms with Crippen LogP contribution in [0.25, 0.3) is 0 Å². The summed E-state index contributed by atoms with van der Waals surface area (Å²) in [6.45, 7) is 9.74. The number of halogens is 1. The summed E-state index contributed by atoms with van der Waals surface area (Å²) >= 11 is 0. The quantitative estimate of drug-likeness (QED) is 0.823. The van der Waals surface area contributed by atoms with Gasteiger partial charge < -0.3 is 10.6 Å². The second-order valence-corrected chi connectivity index (χ2v) is 8.84. The van der Waals surface area contributed by atoms with E-state index >= 15 is 0 Å². The fourth-order valence-electron chi connectivity index (χ4n) is 1.95. The van der Waals surface area contributed by atoms with Gasteiger partial charge in [0, 0.05) is 18.6 Å². The first kappa shape index (κ1) is 17.2. The van der Waals surface area contributed by atoms with Gasteiger partial charge in [0.15, 0.2) is 9.84 Å². The van der Waals surface area contributed by atoms with E-state index in [4.69, 9.17) is 5.73 Å². The number of nitrogens with two attached hydrogens (primary N) is 1. The summed E-state index contributed by atoms with van der Waals surface area (Å²) in [5.41, 5.74) is 5.70. The van der Waals surface area contributed by atoms with Crippen molar-refractivity contribution in [2.24, 2.45) is 5.73 Å². The molecule has 1 rings (SSSR count). The first-order valence-electron chi connectivity index (χ1n) is 5.77. The molecule has 1 heterocycles. The van der Waals surface area contributed by atoms with Gasteiger partial charge in [-0.1, -0.05) is 0 Å². The molecular formula is C11H25ClN2O2S. The zero-order valence-electron chi connectivity index (χ0n) is 11.2. The normalized spacial score (nSPS) is 24.8. The van der Waals surface area contributed by atoms with Gasteiger partial charge >= 0.3 is 0 Å². The van der Waals surface area contributed by atoms with Crippen molar-refractivity contribution in [2.45, 2.75) is 44.4 Å². The summed E-state index contributed by atoms with van der Waals surface area (Å²) in [5, 5.41) is 0. The third kappa shape index (κ3) is 4.73. The van der Waals surface area contributed by atoms with Crippen LogP contribution < -0.4 is 5.73 Å². The first-order valence-corrected chi connectivity index (χ1v) is 7.42. The Labute approximate surface area is 111 Å². The first-order chi connectivity index (χ1) is 7.04. The lowest BCUT2D eigenvalue weighted by Crippen LogP contribution is -2.46. The highest BCUT2D eigenvalue weighted by Gasteiger charge is 2.37. The minimum atomic E-state index is -2.97. The second kappa shape index (κ2) is 5.43. The smallest absolute Gasteiger partial charge is 0.156 e. The van der Waals surface area contributed by atoms with Crippen molar-refractivity contribution >= 4 is 22.2 Å². The molecule has 0 bridgehead atoms. The fraction of sp³-hybridized carbons (Fsp3) is 1.00. The maximum Gasteiger partial charge on any atom is 0.156 e. The maximum atomic E-state index is 12.0. The van der Waals surface area contributed by atoms with Crippen molar-refractivity contribution in [1.29, 1.82) is 0 Å². The molecule has 4 nitrogen and oxygen atoms in total. The Morgan fingerprint density at radius 1 is 1.29 bits per heavy atom. The Morgan fingerprint density at radius 3 is 2.29 bits per heavy atom. The summed E-state index contributed by atoms with van der Waals surface area (Å²) in [6.07, 6.45) is 0.686. The fourth-order valence-corrected chi connectivity index (χ4v) is 3.41. The van der Waals surface area contributed by atoms with E-state index < -0.39 is 14.6 Å². The molecule has 17 heavy (non-hydrogen) atoms. The molecule has 0 aliphatic carbocycles. The van der Waals surface area contributed by atoms with Crippen LogP contribution >= 0.6 is 12.4 Å². The Morgan fingerprint density at radius 2 is 1.82 bits per heavy atom. The second-order valence-electron chi connectivity index (χ2n) is 6.09. The van der Waals surface area contributed by atoms with Crippen LogP contribution in [0.3, 0.4) is 0 Å². The minimum Gasteiger partial charge on any atom is -0.324 e. The van der Waals surface area contributed by atoms with Gasteiger partial charge in [0.25, 0.3) is 0 Å². The van der Waals surface area contributed by atoms with Gasteiger partial charge in [-0.2, -0.15) is 0 Å². The molecule has 2 N–H and O–H groups in total. The SMILES string of the molecule is CC(C)(N)CN1CCC(C)(C)S(=O)(=O)CC1.Cl. The molecule has 1 fully saturated rings. The highest BCUT2D eigenvalue weighted by atomic mass is 35.5. The lowest BCUT2D eigenvalue weighted by molar-refractivity contribution is 0.234. The Balaban J connectivity index is 0.00000256. The molecule has 6 heteroatoms. The number of sulfone groups is 1.